The molecule has 0 amide bonds. The van der Waals surface area contributed by atoms with Crippen molar-refractivity contribution in [3.63, 3.8) is 0 Å². The fourth-order valence-electron chi connectivity index (χ4n) is 2.55. The molecule has 0 aliphatic carbocycles. The summed E-state index contributed by atoms with van der Waals surface area (Å²) in [5.41, 5.74) is 2.31. The Labute approximate surface area is 121 Å². The predicted octanol–water partition coefficient (Wildman–Crippen LogP) is 4.64. The molecule has 0 saturated heterocycles. The number of nitrogens with one attached hydrogen (secondary N) is 1. The van der Waals surface area contributed by atoms with Gasteiger partial charge in [0.1, 0.15) is 5.75 Å². The molecule has 2 nitrogen and oxygen atoms in total. The van der Waals surface area contributed by atoms with Crippen molar-refractivity contribution in [2.45, 2.75) is 52.0 Å². The molecule has 0 fully saturated rings. The smallest absolute Gasteiger partial charge is 0.124 e. The highest BCUT2D eigenvalue weighted by atomic mass is 35.5. The highest BCUT2D eigenvalue weighted by Crippen LogP contribution is 2.35. The topological polar surface area (TPSA) is 21.3 Å². The minimum absolute atomic E-state index is 0.392. The van der Waals surface area contributed by atoms with Gasteiger partial charge in [0.15, 0.2) is 0 Å². The average molecular weight is 282 g/mol. The molecule has 1 aliphatic rings. The first-order valence-corrected chi connectivity index (χ1v) is 7.76. The summed E-state index contributed by atoms with van der Waals surface area (Å²) in [4.78, 5) is 0. The molecule has 0 aromatic heterocycles. The molecule has 0 bridgehead atoms. The van der Waals surface area contributed by atoms with Crippen LogP contribution in [-0.4, -0.2) is 13.2 Å². The van der Waals surface area contributed by atoms with Crippen LogP contribution in [0.4, 0.5) is 0 Å². The van der Waals surface area contributed by atoms with Crippen LogP contribution in [-0.2, 0) is 0 Å². The highest BCUT2D eigenvalue weighted by Gasteiger charge is 2.21. The van der Waals surface area contributed by atoms with Gasteiger partial charge in [0, 0.05) is 23.0 Å². The van der Waals surface area contributed by atoms with Crippen LogP contribution < -0.4 is 10.1 Å². The molecule has 1 N–H and O–H groups in total. The molecule has 1 aliphatic heterocycles. The summed E-state index contributed by atoms with van der Waals surface area (Å²) in [7, 11) is 0. The normalized spacial score (nSPS) is 17.9. The van der Waals surface area contributed by atoms with Gasteiger partial charge in [-0.15, -0.1) is 0 Å². The Balaban J connectivity index is 1.95. The van der Waals surface area contributed by atoms with E-state index in [-0.39, 0.29) is 0 Å². The largest absolute Gasteiger partial charge is 0.493 e. The van der Waals surface area contributed by atoms with Gasteiger partial charge in [-0.25, -0.2) is 0 Å². The van der Waals surface area contributed by atoms with Crippen LogP contribution in [0.2, 0.25) is 5.02 Å². The summed E-state index contributed by atoms with van der Waals surface area (Å²) in [6, 6.07) is 4.51. The SMILES string of the molecule is CCCCCCNC1CCOc2cc(C)c(Cl)cc21. The lowest BCUT2D eigenvalue weighted by atomic mass is 9.99. The monoisotopic (exact) mass is 281 g/mol. The van der Waals surface area contributed by atoms with Gasteiger partial charge in [0.05, 0.1) is 6.61 Å². The van der Waals surface area contributed by atoms with Gasteiger partial charge >= 0.3 is 0 Å². The minimum atomic E-state index is 0.392. The van der Waals surface area contributed by atoms with Crippen LogP contribution in [0, 0.1) is 6.92 Å². The maximum absolute atomic E-state index is 6.23. The zero-order valence-corrected chi connectivity index (χ0v) is 12.7. The van der Waals surface area contributed by atoms with Gasteiger partial charge in [-0.3, -0.25) is 0 Å². The van der Waals surface area contributed by atoms with Gasteiger partial charge in [-0.2, -0.15) is 0 Å². The Morgan fingerprint density at radius 2 is 2.16 bits per heavy atom. The zero-order chi connectivity index (χ0) is 13.7. The second kappa shape index (κ2) is 7.16. The lowest BCUT2D eigenvalue weighted by Crippen LogP contribution is -2.28. The second-order valence-electron chi connectivity index (χ2n) is 5.34. The number of aryl methyl sites for hydroxylation is 1. The maximum Gasteiger partial charge on any atom is 0.124 e. The Morgan fingerprint density at radius 3 is 2.95 bits per heavy atom. The Kier molecular flexibility index (Phi) is 5.53. The number of fused-ring (bicyclic) bond motifs is 1. The number of rotatable bonds is 6. The molecular weight excluding hydrogens is 258 g/mol. The van der Waals surface area contributed by atoms with E-state index < -0.39 is 0 Å². The van der Waals surface area contributed by atoms with E-state index in [0.717, 1.165) is 35.9 Å². The first kappa shape index (κ1) is 14.7. The van der Waals surface area contributed by atoms with Crippen molar-refractivity contribution in [3.05, 3.63) is 28.3 Å². The average Bonchev–Trinajstić information content (AvgIpc) is 2.40. The van der Waals surface area contributed by atoms with E-state index in [1.54, 1.807) is 0 Å². The number of ether oxygens (including phenoxy) is 1. The van der Waals surface area contributed by atoms with Crippen molar-refractivity contribution in [2.24, 2.45) is 0 Å². The number of unbranched alkanes of at least 4 members (excludes halogenated alkanes) is 3. The highest BCUT2D eigenvalue weighted by molar-refractivity contribution is 6.31. The predicted molar refractivity (Wildman–Crippen MR) is 81.2 cm³/mol. The molecule has 1 aromatic rings. The molecule has 1 aromatic carbocycles. The third-order valence-electron chi connectivity index (χ3n) is 3.75. The zero-order valence-electron chi connectivity index (χ0n) is 12.0. The summed E-state index contributed by atoms with van der Waals surface area (Å²) in [6.45, 7) is 6.14. The summed E-state index contributed by atoms with van der Waals surface area (Å²) >= 11 is 6.23. The molecule has 1 heterocycles. The number of hydrogen-bond acceptors (Lipinski definition) is 2. The third-order valence-corrected chi connectivity index (χ3v) is 4.16. The van der Waals surface area contributed by atoms with Crippen molar-refractivity contribution in [1.82, 2.24) is 5.32 Å². The number of halogens is 1. The lowest BCUT2D eigenvalue weighted by Gasteiger charge is -2.27. The molecule has 2 rings (SSSR count). The van der Waals surface area contributed by atoms with Crippen molar-refractivity contribution in [3.8, 4) is 5.75 Å². The number of hydrogen-bond donors (Lipinski definition) is 1. The van der Waals surface area contributed by atoms with Crippen LogP contribution in [0.5, 0.6) is 5.75 Å². The van der Waals surface area contributed by atoms with Gasteiger partial charge in [0.25, 0.3) is 0 Å². The fraction of sp³-hybridized carbons (Fsp3) is 0.625. The van der Waals surface area contributed by atoms with E-state index in [1.807, 2.05) is 6.92 Å². The molecule has 1 atom stereocenters. The van der Waals surface area contributed by atoms with Gasteiger partial charge in [-0.05, 0) is 37.6 Å². The van der Waals surface area contributed by atoms with Crippen LogP contribution in [0.1, 0.15) is 56.2 Å². The fourth-order valence-corrected chi connectivity index (χ4v) is 2.72. The molecule has 106 valence electrons. The summed E-state index contributed by atoms with van der Waals surface area (Å²) < 4.78 is 5.74. The van der Waals surface area contributed by atoms with Crippen LogP contribution in [0.3, 0.4) is 0 Å². The lowest BCUT2D eigenvalue weighted by molar-refractivity contribution is 0.252. The van der Waals surface area contributed by atoms with Crippen molar-refractivity contribution < 1.29 is 4.74 Å². The van der Waals surface area contributed by atoms with E-state index in [2.05, 4.69) is 24.4 Å². The van der Waals surface area contributed by atoms with Gasteiger partial charge in [-0.1, -0.05) is 37.8 Å². The molecule has 19 heavy (non-hydrogen) atoms. The van der Waals surface area contributed by atoms with E-state index in [1.165, 1.54) is 31.2 Å². The summed E-state index contributed by atoms with van der Waals surface area (Å²) in [5, 5.41) is 4.48. The molecule has 0 spiro atoms. The van der Waals surface area contributed by atoms with Gasteiger partial charge in [0.2, 0.25) is 0 Å². The molecule has 0 saturated carbocycles. The van der Waals surface area contributed by atoms with E-state index in [9.17, 15) is 0 Å². The molecule has 0 radical (unpaired) electrons. The summed E-state index contributed by atoms with van der Waals surface area (Å²) in [5.74, 6) is 0.999. The van der Waals surface area contributed by atoms with Crippen LogP contribution >= 0.6 is 11.6 Å². The summed E-state index contributed by atoms with van der Waals surface area (Å²) in [6.07, 6.45) is 6.21. The van der Waals surface area contributed by atoms with Crippen molar-refractivity contribution in [1.29, 1.82) is 0 Å². The number of benzene rings is 1. The Morgan fingerprint density at radius 1 is 1.32 bits per heavy atom. The van der Waals surface area contributed by atoms with Gasteiger partial charge < -0.3 is 10.1 Å². The van der Waals surface area contributed by atoms with Crippen molar-refractivity contribution >= 4 is 11.6 Å². The molecule has 1 unspecified atom stereocenters. The molecule has 3 heteroatoms. The molecular formula is C16H24ClNO. The maximum atomic E-state index is 6.23. The van der Waals surface area contributed by atoms with Crippen molar-refractivity contribution in [2.75, 3.05) is 13.2 Å². The Hall–Kier alpha value is -0.730. The van der Waals surface area contributed by atoms with Crippen LogP contribution in [0.25, 0.3) is 0 Å². The third kappa shape index (κ3) is 3.87. The van der Waals surface area contributed by atoms with E-state index in [0.29, 0.717) is 6.04 Å². The van der Waals surface area contributed by atoms with E-state index >= 15 is 0 Å². The van der Waals surface area contributed by atoms with Crippen LogP contribution in [0.15, 0.2) is 12.1 Å². The Bertz CT molecular complexity index is 419. The van der Waals surface area contributed by atoms with E-state index in [4.69, 9.17) is 16.3 Å². The first-order chi connectivity index (χ1) is 9.22. The second-order valence-corrected chi connectivity index (χ2v) is 5.75. The first-order valence-electron chi connectivity index (χ1n) is 7.38. The minimum Gasteiger partial charge on any atom is -0.493 e. The quantitative estimate of drug-likeness (QED) is 0.767. The standard InChI is InChI=1S/C16H24ClNO/c1-3-4-5-6-8-18-15-7-9-19-16-10-12(2)14(17)11-13(15)16/h10-11,15,18H,3-9H2,1-2H3.